The van der Waals surface area contributed by atoms with Crippen LogP contribution < -0.4 is 0 Å². The molecule has 0 aromatic carbocycles. The molecule has 0 saturated heterocycles. The molecule has 0 atom stereocenters. The van der Waals surface area contributed by atoms with Crippen molar-refractivity contribution in [1.82, 2.24) is 9.99 Å². The number of halogens is 1. The van der Waals surface area contributed by atoms with E-state index in [1.165, 1.54) is 0 Å². The average molecular weight is 184 g/mol. The average Bonchev–Trinajstić information content (AvgIpc) is 2.03. The maximum absolute atomic E-state index is 5.79. The SMILES string of the molecule is CN(C)/N=C/c1cccnc1Cl. The lowest BCUT2D eigenvalue weighted by Crippen LogP contribution is -2.02. The molecular formula is C8H10ClN3. The first-order chi connectivity index (χ1) is 5.70. The molecule has 0 aliphatic rings. The lowest BCUT2D eigenvalue weighted by atomic mass is 10.3. The fourth-order valence-electron chi connectivity index (χ4n) is 0.672. The van der Waals surface area contributed by atoms with Gasteiger partial charge in [0.15, 0.2) is 0 Å². The minimum Gasteiger partial charge on any atom is -0.303 e. The molecule has 0 fully saturated rings. The zero-order valence-corrected chi connectivity index (χ0v) is 7.78. The molecule has 3 nitrogen and oxygen atoms in total. The van der Waals surface area contributed by atoms with Gasteiger partial charge in [-0.15, -0.1) is 0 Å². The zero-order chi connectivity index (χ0) is 8.97. The molecule has 0 spiro atoms. The summed E-state index contributed by atoms with van der Waals surface area (Å²) in [5, 5.41) is 6.21. The van der Waals surface area contributed by atoms with E-state index in [9.17, 15) is 0 Å². The van der Waals surface area contributed by atoms with Crippen molar-refractivity contribution in [1.29, 1.82) is 0 Å². The van der Waals surface area contributed by atoms with Crippen molar-refractivity contribution in [2.24, 2.45) is 5.10 Å². The Morgan fingerprint density at radius 1 is 1.58 bits per heavy atom. The quantitative estimate of drug-likeness (QED) is 0.396. The van der Waals surface area contributed by atoms with Crippen LogP contribution in [0.4, 0.5) is 0 Å². The first-order valence-electron chi connectivity index (χ1n) is 3.52. The molecule has 0 aliphatic carbocycles. The normalized spacial score (nSPS) is 10.6. The van der Waals surface area contributed by atoms with E-state index in [0.717, 1.165) is 5.56 Å². The number of pyridine rings is 1. The van der Waals surface area contributed by atoms with Crippen LogP contribution >= 0.6 is 11.6 Å². The molecule has 1 aromatic heterocycles. The van der Waals surface area contributed by atoms with Gasteiger partial charge in [0.2, 0.25) is 0 Å². The van der Waals surface area contributed by atoms with Gasteiger partial charge in [-0.05, 0) is 12.1 Å². The molecule has 1 heterocycles. The molecule has 12 heavy (non-hydrogen) atoms. The zero-order valence-electron chi connectivity index (χ0n) is 7.03. The van der Waals surface area contributed by atoms with Crippen LogP contribution in [0.3, 0.4) is 0 Å². The van der Waals surface area contributed by atoms with Crippen molar-refractivity contribution in [3.8, 4) is 0 Å². The van der Waals surface area contributed by atoms with Crippen LogP contribution in [-0.4, -0.2) is 30.3 Å². The van der Waals surface area contributed by atoms with Crippen LogP contribution in [0.1, 0.15) is 5.56 Å². The number of hydrogen-bond donors (Lipinski definition) is 0. The first kappa shape index (κ1) is 9.00. The second-order valence-corrected chi connectivity index (χ2v) is 2.83. The largest absolute Gasteiger partial charge is 0.303 e. The van der Waals surface area contributed by atoms with Gasteiger partial charge in [-0.1, -0.05) is 11.6 Å². The van der Waals surface area contributed by atoms with E-state index in [2.05, 4.69) is 10.1 Å². The maximum atomic E-state index is 5.79. The van der Waals surface area contributed by atoms with Gasteiger partial charge in [0.1, 0.15) is 5.15 Å². The lowest BCUT2D eigenvalue weighted by molar-refractivity contribution is 0.440. The number of rotatable bonds is 2. The summed E-state index contributed by atoms with van der Waals surface area (Å²) in [6.07, 6.45) is 3.32. The Morgan fingerprint density at radius 3 is 2.92 bits per heavy atom. The molecule has 64 valence electrons. The molecule has 1 aromatic rings. The number of nitrogens with zero attached hydrogens (tertiary/aromatic N) is 3. The fourth-order valence-corrected chi connectivity index (χ4v) is 0.841. The Kier molecular flexibility index (Phi) is 3.05. The van der Waals surface area contributed by atoms with E-state index in [0.29, 0.717) is 5.15 Å². The van der Waals surface area contributed by atoms with Crippen molar-refractivity contribution in [3.63, 3.8) is 0 Å². The number of hydrazone groups is 1. The molecule has 0 amide bonds. The highest BCUT2D eigenvalue weighted by Gasteiger charge is 1.94. The topological polar surface area (TPSA) is 28.5 Å². The van der Waals surface area contributed by atoms with Crippen LogP contribution in [0.2, 0.25) is 5.15 Å². The highest BCUT2D eigenvalue weighted by atomic mass is 35.5. The van der Waals surface area contributed by atoms with E-state index >= 15 is 0 Å². The van der Waals surface area contributed by atoms with Gasteiger partial charge in [-0.2, -0.15) is 5.10 Å². The fraction of sp³-hybridized carbons (Fsp3) is 0.250. The van der Waals surface area contributed by atoms with Crippen molar-refractivity contribution < 1.29 is 0 Å². The summed E-state index contributed by atoms with van der Waals surface area (Å²) in [6.45, 7) is 0. The second kappa shape index (κ2) is 4.07. The Balaban J connectivity index is 2.82. The minimum atomic E-state index is 0.475. The molecule has 0 radical (unpaired) electrons. The standard InChI is InChI=1S/C8H10ClN3/c1-12(2)11-6-7-4-3-5-10-8(7)9/h3-6H,1-2H3/b11-6+. The Bertz CT molecular complexity index is 283. The first-order valence-corrected chi connectivity index (χ1v) is 3.90. The second-order valence-electron chi connectivity index (χ2n) is 2.48. The summed E-state index contributed by atoms with van der Waals surface area (Å²) in [6, 6.07) is 3.69. The summed E-state index contributed by atoms with van der Waals surface area (Å²) in [5.74, 6) is 0. The van der Waals surface area contributed by atoms with Gasteiger partial charge >= 0.3 is 0 Å². The molecule has 0 bridgehead atoms. The summed E-state index contributed by atoms with van der Waals surface area (Å²) >= 11 is 5.79. The van der Waals surface area contributed by atoms with E-state index in [4.69, 9.17) is 11.6 Å². The third kappa shape index (κ3) is 2.51. The summed E-state index contributed by atoms with van der Waals surface area (Å²) in [7, 11) is 3.70. The summed E-state index contributed by atoms with van der Waals surface area (Å²) in [5.41, 5.74) is 0.827. The minimum absolute atomic E-state index is 0.475. The molecule has 1 rings (SSSR count). The van der Waals surface area contributed by atoms with E-state index < -0.39 is 0 Å². The van der Waals surface area contributed by atoms with Gasteiger partial charge in [0.05, 0.1) is 6.21 Å². The van der Waals surface area contributed by atoms with Crippen LogP contribution in [0.15, 0.2) is 23.4 Å². The number of hydrogen-bond acceptors (Lipinski definition) is 3. The predicted molar refractivity (Wildman–Crippen MR) is 50.5 cm³/mol. The van der Waals surface area contributed by atoms with E-state index in [-0.39, 0.29) is 0 Å². The van der Waals surface area contributed by atoms with Crippen molar-refractivity contribution in [3.05, 3.63) is 29.0 Å². The Morgan fingerprint density at radius 2 is 2.33 bits per heavy atom. The molecule has 0 aliphatic heterocycles. The third-order valence-corrected chi connectivity index (χ3v) is 1.53. The molecule has 0 saturated carbocycles. The molecule has 0 N–H and O–H groups in total. The van der Waals surface area contributed by atoms with Crippen LogP contribution in [0.5, 0.6) is 0 Å². The van der Waals surface area contributed by atoms with Crippen molar-refractivity contribution >= 4 is 17.8 Å². The Labute approximate surface area is 76.7 Å². The predicted octanol–water partition coefficient (Wildman–Crippen LogP) is 1.63. The Hall–Kier alpha value is -1.09. The summed E-state index contributed by atoms with van der Waals surface area (Å²) < 4.78 is 0. The smallest absolute Gasteiger partial charge is 0.137 e. The van der Waals surface area contributed by atoms with E-state index in [1.807, 2.05) is 26.2 Å². The molecule has 0 unspecified atom stereocenters. The van der Waals surface area contributed by atoms with Crippen molar-refractivity contribution in [2.45, 2.75) is 0 Å². The third-order valence-electron chi connectivity index (χ3n) is 1.22. The van der Waals surface area contributed by atoms with Crippen LogP contribution in [0.25, 0.3) is 0 Å². The van der Waals surface area contributed by atoms with Gasteiger partial charge in [-0.25, -0.2) is 4.98 Å². The lowest BCUT2D eigenvalue weighted by Gasteiger charge is -2.02. The molecule has 4 heteroatoms. The molecular weight excluding hydrogens is 174 g/mol. The maximum Gasteiger partial charge on any atom is 0.137 e. The van der Waals surface area contributed by atoms with Gasteiger partial charge < -0.3 is 5.01 Å². The van der Waals surface area contributed by atoms with Gasteiger partial charge in [-0.3, -0.25) is 0 Å². The highest BCUT2D eigenvalue weighted by molar-refractivity contribution is 6.31. The van der Waals surface area contributed by atoms with E-state index in [1.54, 1.807) is 17.4 Å². The van der Waals surface area contributed by atoms with Crippen molar-refractivity contribution in [2.75, 3.05) is 14.1 Å². The summed E-state index contributed by atoms with van der Waals surface area (Å²) in [4.78, 5) is 3.91. The monoisotopic (exact) mass is 183 g/mol. The van der Waals surface area contributed by atoms with Gasteiger partial charge in [0.25, 0.3) is 0 Å². The number of aromatic nitrogens is 1. The highest BCUT2D eigenvalue weighted by Crippen LogP contribution is 2.08. The van der Waals surface area contributed by atoms with Crippen LogP contribution in [-0.2, 0) is 0 Å². The van der Waals surface area contributed by atoms with Crippen LogP contribution in [0, 0.1) is 0 Å². The van der Waals surface area contributed by atoms with Gasteiger partial charge in [0, 0.05) is 25.9 Å².